The first-order chi connectivity index (χ1) is 16.7. The van der Waals surface area contributed by atoms with E-state index in [-0.39, 0.29) is 4.90 Å². The summed E-state index contributed by atoms with van der Waals surface area (Å²) in [7, 11) is -4.02. The van der Waals surface area contributed by atoms with Crippen molar-refractivity contribution >= 4 is 26.9 Å². The lowest BCUT2D eigenvalue weighted by Crippen LogP contribution is -2.28. The van der Waals surface area contributed by atoms with E-state index in [1.807, 2.05) is 25.3 Å². The van der Waals surface area contributed by atoms with Crippen LogP contribution in [0.3, 0.4) is 0 Å². The average molecular weight is 493 g/mol. The van der Waals surface area contributed by atoms with Gasteiger partial charge in [0.2, 0.25) is 0 Å². The lowest BCUT2D eigenvalue weighted by atomic mass is 9.92. The number of carbonyl (C=O) groups excluding carboxylic acids is 1. The number of amides is 1. The van der Waals surface area contributed by atoms with Crippen LogP contribution in [-0.4, -0.2) is 41.7 Å². The number of nitrogens with one attached hydrogen (secondary N) is 1. The van der Waals surface area contributed by atoms with E-state index in [1.165, 1.54) is 30.5 Å². The molecule has 0 saturated carbocycles. The summed E-state index contributed by atoms with van der Waals surface area (Å²) in [5, 5.41) is 8.91. The molecule has 1 aromatic heterocycles. The van der Waals surface area contributed by atoms with Gasteiger partial charge in [0, 0.05) is 18.1 Å². The summed E-state index contributed by atoms with van der Waals surface area (Å²) in [6, 6.07) is 20.0. The van der Waals surface area contributed by atoms with Gasteiger partial charge in [-0.05, 0) is 68.1 Å². The number of carbonyl (C=O) groups is 1. The number of aromatic nitrogens is 2. The molecule has 3 aromatic carbocycles. The van der Waals surface area contributed by atoms with Crippen molar-refractivity contribution in [3.63, 3.8) is 0 Å². The molecule has 1 amide bonds. The number of hydrogen-bond acceptors (Lipinski definition) is 5. The van der Waals surface area contributed by atoms with Crippen molar-refractivity contribution in [3.8, 4) is 5.69 Å². The number of aryl methyl sites for hydroxylation is 1. The van der Waals surface area contributed by atoms with Crippen LogP contribution >= 0.6 is 0 Å². The molecule has 1 saturated heterocycles. The fourth-order valence-electron chi connectivity index (χ4n) is 4.12. The van der Waals surface area contributed by atoms with Crippen molar-refractivity contribution in [3.05, 3.63) is 89.6 Å². The molecule has 1 aliphatic heterocycles. The number of nitrogens with two attached hydrogens (primary N) is 1. The first-order valence-corrected chi connectivity index (χ1v) is 12.8. The second-order valence-corrected chi connectivity index (χ2v) is 10.0. The minimum absolute atomic E-state index is 0.0666. The van der Waals surface area contributed by atoms with Gasteiger partial charge in [0.05, 0.1) is 16.1 Å². The molecule has 4 aromatic rings. The number of nitrogens with zero attached hydrogens (tertiary/aromatic N) is 2. The number of primary amides is 1. The highest BCUT2D eigenvalue weighted by Gasteiger charge is 2.15. The molecular formula is C26H28N4O4S. The Hall–Kier alpha value is -3.53. The molecular weight excluding hydrogens is 464 g/mol. The molecule has 1 fully saturated rings. The molecule has 0 aliphatic carbocycles. The highest BCUT2D eigenvalue weighted by molar-refractivity contribution is 7.85. The summed E-state index contributed by atoms with van der Waals surface area (Å²) < 4.78 is 31.4. The summed E-state index contributed by atoms with van der Waals surface area (Å²) in [6.07, 6.45) is 4.39. The predicted octanol–water partition coefficient (Wildman–Crippen LogP) is 3.83. The minimum Gasteiger partial charge on any atom is -0.366 e. The highest BCUT2D eigenvalue weighted by Crippen LogP contribution is 2.25. The SMILES string of the molecule is Cc1ccc(S(=O)(=O)O)cc1.NC(=O)c1cccc2cn(-c3ccc(C4CCCNC4)cc3)nc12. The summed E-state index contributed by atoms with van der Waals surface area (Å²) >= 11 is 0. The maximum absolute atomic E-state index is 11.5. The Labute approximate surface area is 204 Å². The van der Waals surface area contributed by atoms with E-state index < -0.39 is 16.0 Å². The van der Waals surface area contributed by atoms with Crippen molar-refractivity contribution < 1.29 is 17.8 Å². The van der Waals surface area contributed by atoms with E-state index in [0.29, 0.717) is 17.0 Å². The maximum atomic E-state index is 11.5. The zero-order valence-corrected chi connectivity index (χ0v) is 20.2. The lowest BCUT2D eigenvalue weighted by molar-refractivity contribution is 0.100. The predicted molar refractivity (Wildman–Crippen MR) is 135 cm³/mol. The van der Waals surface area contributed by atoms with Crippen LogP contribution in [-0.2, 0) is 10.1 Å². The molecule has 0 bridgehead atoms. The maximum Gasteiger partial charge on any atom is 0.294 e. The molecule has 5 rings (SSSR count). The zero-order chi connectivity index (χ0) is 25.0. The van der Waals surface area contributed by atoms with Crippen LogP contribution in [0.25, 0.3) is 16.6 Å². The fourth-order valence-corrected chi connectivity index (χ4v) is 4.60. The number of hydrogen-bond donors (Lipinski definition) is 3. The molecule has 8 nitrogen and oxygen atoms in total. The van der Waals surface area contributed by atoms with Gasteiger partial charge in [0.15, 0.2) is 0 Å². The largest absolute Gasteiger partial charge is 0.366 e. The Morgan fingerprint density at radius 3 is 2.40 bits per heavy atom. The fraction of sp³-hybridized carbons (Fsp3) is 0.231. The Bertz CT molecular complexity index is 1420. The smallest absolute Gasteiger partial charge is 0.294 e. The van der Waals surface area contributed by atoms with Crippen molar-refractivity contribution in [2.24, 2.45) is 5.73 Å². The van der Waals surface area contributed by atoms with Gasteiger partial charge < -0.3 is 11.1 Å². The van der Waals surface area contributed by atoms with Gasteiger partial charge >= 0.3 is 0 Å². The second-order valence-electron chi connectivity index (χ2n) is 8.60. The molecule has 4 N–H and O–H groups in total. The summed E-state index contributed by atoms with van der Waals surface area (Å²) in [5.74, 6) is 0.136. The second kappa shape index (κ2) is 10.4. The lowest BCUT2D eigenvalue weighted by Gasteiger charge is -2.23. The number of fused-ring (bicyclic) bond motifs is 1. The van der Waals surface area contributed by atoms with Crippen LogP contribution in [0.1, 0.15) is 40.2 Å². The van der Waals surface area contributed by atoms with Gasteiger partial charge in [-0.3, -0.25) is 9.35 Å². The van der Waals surface area contributed by atoms with Crippen LogP contribution in [0, 0.1) is 6.92 Å². The summed E-state index contributed by atoms with van der Waals surface area (Å²) in [4.78, 5) is 11.5. The Kier molecular flexibility index (Phi) is 7.30. The normalized spacial score (nSPS) is 15.9. The van der Waals surface area contributed by atoms with Crippen molar-refractivity contribution in [1.82, 2.24) is 15.1 Å². The molecule has 182 valence electrons. The van der Waals surface area contributed by atoms with Gasteiger partial charge in [-0.2, -0.15) is 13.5 Å². The first-order valence-electron chi connectivity index (χ1n) is 11.4. The Balaban J connectivity index is 0.000000221. The molecule has 0 spiro atoms. The average Bonchev–Trinajstić information content (AvgIpc) is 3.29. The van der Waals surface area contributed by atoms with Crippen molar-refractivity contribution in [2.45, 2.75) is 30.6 Å². The van der Waals surface area contributed by atoms with E-state index in [0.717, 1.165) is 29.7 Å². The van der Waals surface area contributed by atoms with Crippen LogP contribution < -0.4 is 11.1 Å². The summed E-state index contributed by atoms with van der Waals surface area (Å²) in [5.41, 5.74) is 9.83. The summed E-state index contributed by atoms with van der Waals surface area (Å²) in [6.45, 7) is 4.01. The number of benzene rings is 3. The van der Waals surface area contributed by atoms with Gasteiger partial charge in [-0.15, -0.1) is 0 Å². The van der Waals surface area contributed by atoms with E-state index in [2.05, 4.69) is 34.7 Å². The van der Waals surface area contributed by atoms with Gasteiger partial charge in [0.25, 0.3) is 16.0 Å². The monoisotopic (exact) mass is 492 g/mol. The third-order valence-corrected chi connectivity index (χ3v) is 6.91. The molecule has 1 unspecified atom stereocenters. The molecule has 2 heterocycles. The Morgan fingerprint density at radius 2 is 1.80 bits per heavy atom. The minimum atomic E-state index is -4.02. The number of piperidine rings is 1. The quantitative estimate of drug-likeness (QED) is 0.372. The molecule has 1 atom stereocenters. The van der Waals surface area contributed by atoms with Gasteiger partial charge in [0.1, 0.15) is 5.52 Å². The topological polar surface area (TPSA) is 127 Å². The number of rotatable bonds is 4. The van der Waals surface area contributed by atoms with Gasteiger partial charge in [-0.25, -0.2) is 4.68 Å². The van der Waals surface area contributed by atoms with Crippen LogP contribution in [0.4, 0.5) is 0 Å². The first kappa shape index (κ1) is 24.6. The third-order valence-electron chi connectivity index (χ3n) is 6.05. The van der Waals surface area contributed by atoms with Crippen molar-refractivity contribution in [2.75, 3.05) is 13.1 Å². The molecule has 0 radical (unpaired) electrons. The van der Waals surface area contributed by atoms with E-state index in [1.54, 1.807) is 22.9 Å². The molecule has 35 heavy (non-hydrogen) atoms. The van der Waals surface area contributed by atoms with Crippen molar-refractivity contribution in [1.29, 1.82) is 0 Å². The standard InChI is InChI=1S/C19H20N4O.C7H8O3S/c20-19(24)17-5-1-3-15-12-23(22-18(15)17)16-8-6-13(7-9-16)14-4-2-10-21-11-14;1-6-2-4-7(5-3-6)11(8,9)10/h1,3,5-9,12,14,21H,2,4,10-11H2,(H2,20,24);2-5H,1H3,(H,8,9,10). The van der Waals surface area contributed by atoms with Gasteiger partial charge in [-0.1, -0.05) is 42.0 Å². The van der Waals surface area contributed by atoms with E-state index in [9.17, 15) is 13.2 Å². The Morgan fingerprint density at radius 1 is 1.09 bits per heavy atom. The highest BCUT2D eigenvalue weighted by atomic mass is 32.2. The van der Waals surface area contributed by atoms with E-state index >= 15 is 0 Å². The van der Waals surface area contributed by atoms with Crippen LogP contribution in [0.5, 0.6) is 0 Å². The van der Waals surface area contributed by atoms with Crippen LogP contribution in [0.15, 0.2) is 77.8 Å². The third kappa shape index (κ3) is 5.94. The van der Waals surface area contributed by atoms with E-state index in [4.69, 9.17) is 10.3 Å². The zero-order valence-electron chi connectivity index (χ0n) is 19.4. The van der Waals surface area contributed by atoms with Crippen LogP contribution in [0.2, 0.25) is 0 Å². The molecule has 9 heteroatoms. The molecule has 1 aliphatic rings.